The third-order valence-electron chi connectivity index (χ3n) is 6.22. The van der Waals surface area contributed by atoms with Gasteiger partial charge in [0, 0.05) is 17.8 Å². The molecule has 0 spiro atoms. The molecule has 0 saturated carbocycles. The average molecular weight is 481 g/mol. The highest BCUT2D eigenvalue weighted by atomic mass is 16.5. The number of carbonyl (C=O) groups is 2. The molecular weight excluding hydrogens is 456 g/mol. The topological polar surface area (TPSA) is 127 Å². The van der Waals surface area contributed by atoms with Crippen molar-refractivity contribution in [2.45, 2.75) is 25.3 Å². The van der Waals surface area contributed by atoms with Gasteiger partial charge in [0.2, 0.25) is 11.9 Å². The number of aryl methyl sites for hydroxylation is 1. The molecule has 4 aromatic rings. The van der Waals surface area contributed by atoms with Gasteiger partial charge in [-0.1, -0.05) is 24.3 Å². The Morgan fingerprint density at radius 2 is 1.72 bits per heavy atom. The summed E-state index contributed by atoms with van der Waals surface area (Å²) in [6, 6.07) is 22.2. The van der Waals surface area contributed by atoms with Gasteiger partial charge in [0.05, 0.1) is 16.8 Å². The molecule has 0 bridgehead atoms. The first-order valence-electron chi connectivity index (χ1n) is 11.6. The molecule has 8 heteroatoms. The van der Waals surface area contributed by atoms with Crippen LogP contribution in [0.25, 0.3) is 11.3 Å². The molecule has 3 aromatic carbocycles. The van der Waals surface area contributed by atoms with Crippen LogP contribution in [0, 0.1) is 0 Å². The predicted octanol–water partition coefficient (Wildman–Crippen LogP) is 4.70. The third kappa shape index (κ3) is 4.88. The molecule has 36 heavy (non-hydrogen) atoms. The summed E-state index contributed by atoms with van der Waals surface area (Å²) < 4.78 is 5.86. The van der Waals surface area contributed by atoms with E-state index >= 15 is 0 Å². The van der Waals surface area contributed by atoms with Crippen molar-refractivity contribution >= 4 is 17.8 Å². The van der Waals surface area contributed by atoms with Crippen molar-refractivity contribution in [2.24, 2.45) is 5.73 Å². The van der Waals surface area contributed by atoms with Gasteiger partial charge in [-0.3, -0.25) is 4.79 Å². The van der Waals surface area contributed by atoms with Crippen molar-refractivity contribution in [2.75, 3.05) is 5.32 Å². The van der Waals surface area contributed by atoms with E-state index in [1.54, 1.807) is 12.3 Å². The normalized spacial score (nSPS) is 14.5. The van der Waals surface area contributed by atoms with Gasteiger partial charge in [-0.15, -0.1) is 0 Å². The van der Waals surface area contributed by atoms with E-state index < -0.39 is 11.9 Å². The summed E-state index contributed by atoms with van der Waals surface area (Å²) in [7, 11) is 0. The molecule has 8 nitrogen and oxygen atoms in total. The van der Waals surface area contributed by atoms with Gasteiger partial charge in [-0.2, -0.15) is 0 Å². The molecule has 1 aliphatic rings. The number of rotatable bonds is 7. The third-order valence-corrected chi connectivity index (χ3v) is 6.22. The second-order valence-corrected chi connectivity index (χ2v) is 8.58. The van der Waals surface area contributed by atoms with E-state index in [1.807, 2.05) is 60.7 Å². The van der Waals surface area contributed by atoms with E-state index in [-0.39, 0.29) is 17.2 Å². The van der Waals surface area contributed by atoms with Crippen LogP contribution < -0.4 is 15.8 Å². The van der Waals surface area contributed by atoms with Gasteiger partial charge in [0.15, 0.2) is 0 Å². The Morgan fingerprint density at radius 1 is 0.972 bits per heavy atom. The number of carbonyl (C=O) groups excluding carboxylic acids is 1. The molecule has 0 radical (unpaired) electrons. The van der Waals surface area contributed by atoms with Crippen LogP contribution in [0.2, 0.25) is 0 Å². The predicted molar refractivity (Wildman–Crippen MR) is 135 cm³/mol. The summed E-state index contributed by atoms with van der Waals surface area (Å²) in [4.78, 5) is 32.7. The van der Waals surface area contributed by atoms with Crippen LogP contribution >= 0.6 is 0 Å². The largest absolute Gasteiger partial charge is 0.478 e. The molecule has 1 aromatic heterocycles. The first kappa shape index (κ1) is 23.0. The molecule has 0 fully saturated rings. The molecule has 0 saturated heterocycles. The molecule has 1 unspecified atom stereocenters. The highest BCUT2D eigenvalue weighted by Gasteiger charge is 2.27. The molecule has 180 valence electrons. The van der Waals surface area contributed by atoms with Crippen LogP contribution in [0.4, 0.5) is 5.95 Å². The number of primary amides is 1. The molecule has 0 aliphatic heterocycles. The number of hydrogen-bond acceptors (Lipinski definition) is 6. The lowest BCUT2D eigenvalue weighted by molar-refractivity contribution is 0.0691. The van der Waals surface area contributed by atoms with Gasteiger partial charge in [-0.25, -0.2) is 14.8 Å². The lowest BCUT2D eigenvalue weighted by Gasteiger charge is -2.27. The highest BCUT2D eigenvalue weighted by molar-refractivity contribution is 6.05. The van der Waals surface area contributed by atoms with Crippen molar-refractivity contribution in [3.8, 4) is 22.8 Å². The van der Waals surface area contributed by atoms with Gasteiger partial charge in [-0.05, 0) is 78.9 Å². The number of carboxylic acid groups (broad SMARTS) is 1. The average Bonchev–Trinajstić information content (AvgIpc) is 2.89. The van der Waals surface area contributed by atoms with Crippen LogP contribution in [0.15, 0.2) is 79.0 Å². The zero-order chi connectivity index (χ0) is 25.1. The number of ether oxygens (including phenoxy) is 1. The van der Waals surface area contributed by atoms with Crippen LogP contribution in [-0.2, 0) is 12.8 Å². The van der Waals surface area contributed by atoms with Crippen molar-refractivity contribution in [1.29, 1.82) is 0 Å². The number of fused-ring (bicyclic) bond motifs is 1. The summed E-state index contributed by atoms with van der Waals surface area (Å²) >= 11 is 0. The summed E-state index contributed by atoms with van der Waals surface area (Å²) in [5.74, 6) is 0.0494. The molecule has 4 N–H and O–H groups in total. The van der Waals surface area contributed by atoms with E-state index in [2.05, 4.69) is 15.3 Å². The first-order valence-corrected chi connectivity index (χ1v) is 11.6. The molecule has 1 heterocycles. The summed E-state index contributed by atoms with van der Waals surface area (Å²) in [6.07, 6.45) is 3.62. The summed E-state index contributed by atoms with van der Waals surface area (Å²) in [5, 5.41) is 12.8. The van der Waals surface area contributed by atoms with Gasteiger partial charge in [0.1, 0.15) is 11.5 Å². The number of anilines is 1. The Balaban J connectivity index is 1.32. The highest BCUT2D eigenvalue weighted by Crippen LogP contribution is 2.29. The second kappa shape index (κ2) is 9.87. The Labute approximate surface area is 207 Å². The molecule has 5 rings (SSSR count). The van der Waals surface area contributed by atoms with Gasteiger partial charge in [0.25, 0.3) is 0 Å². The molecule has 1 aliphatic carbocycles. The van der Waals surface area contributed by atoms with Crippen molar-refractivity contribution in [3.05, 3.63) is 101 Å². The molecular formula is C28H24N4O4. The number of carboxylic acids is 1. The lowest BCUT2D eigenvalue weighted by Crippen LogP contribution is -2.31. The van der Waals surface area contributed by atoms with Crippen LogP contribution in [0.1, 0.15) is 38.3 Å². The number of aromatic carboxylic acids is 1. The number of nitrogens with zero attached hydrogens (tertiary/aromatic N) is 2. The summed E-state index contributed by atoms with van der Waals surface area (Å²) in [6.45, 7) is 0. The standard InChI is InChI=1S/C28H24N4O4/c29-26(33)25-22(27(34)35)13-9-17-6-10-19(16-23(17)25)31-28-30-15-14-24(32-28)18-7-11-21(12-8-18)36-20-4-2-1-3-5-20/h1-5,7-9,11-15,19H,6,10,16H2,(H2,29,33)(H,34,35)(H,30,31,32). The smallest absolute Gasteiger partial charge is 0.336 e. The first-order chi connectivity index (χ1) is 17.5. The Kier molecular flexibility index (Phi) is 6.32. The number of benzene rings is 3. The summed E-state index contributed by atoms with van der Waals surface area (Å²) in [5.41, 5.74) is 8.85. The minimum Gasteiger partial charge on any atom is -0.478 e. The number of aromatic nitrogens is 2. The number of hydrogen-bond donors (Lipinski definition) is 3. The second-order valence-electron chi connectivity index (χ2n) is 8.58. The van der Waals surface area contributed by atoms with Gasteiger partial charge < -0.3 is 20.9 Å². The monoisotopic (exact) mass is 480 g/mol. The van der Waals surface area contributed by atoms with E-state index in [4.69, 9.17) is 10.5 Å². The number of nitrogens with one attached hydrogen (secondary N) is 1. The maximum absolute atomic E-state index is 12.1. The molecule has 1 amide bonds. The van der Waals surface area contributed by atoms with E-state index in [0.29, 0.717) is 24.4 Å². The number of para-hydroxylation sites is 1. The minimum absolute atomic E-state index is 0.0696. The van der Waals surface area contributed by atoms with Crippen LogP contribution in [0.5, 0.6) is 11.5 Å². The van der Waals surface area contributed by atoms with Crippen LogP contribution in [-0.4, -0.2) is 33.0 Å². The van der Waals surface area contributed by atoms with Crippen LogP contribution in [0.3, 0.4) is 0 Å². The fraction of sp³-hybridized carbons (Fsp3) is 0.143. The number of amides is 1. The maximum atomic E-state index is 12.1. The quantitative estimate of drug-likeness (QED) is 0.350. The van der Waals surface area contributed by atoms with E-state index in [1.165, 1.54) is 6.07 Å². The Hall–Kier alpha value is -4.72. The lowest BCUT2D eigenvalue weighted by atomic mass is 9.83. The zero-order valence-corrected chi connectivity index (χ0v) is 19.3. The van der Waals surface area contributed by atoms with E-state index in [0.717, 1.165) is 34.7 Å². The zero-order valence-electron chi connectivity index (χ0n) is 19.3. The van der Waals surface area contributed by atoms with Gasteiger partial charge >= 0.3 is 5.97 Å². The Morgan fingerprint density at radius 3 is 2.44 bits per heavy atom. The van der Waals surface area contributed by atoms with E-state index in [9.17, 15) is 14.7 Å². The SMILES string of the molecule is NC(=O)c1c(C(=O)O)ccc2c1CC(Nc1nccc(-c3ccc(Oc4ccccc4)cc3)n1)CC2. The molecule has 1 atom stereocenters. The van der Waals surface area contributed by atoms with Crippen molar-refractivity contribution in [1.82, 2.24) is 9.97 Å². The minimum atomic E-state index is -1.17. The fourth-order valence-corrected chi connectivity index (χ4v) is 4.51. The maximum Gasteiger partial charge on any atom is 0.336 e. The van der Waals surface area contributed by atoms with Crippen molar-refractivity contribution < 1.29 is 19.4 Å². The Bertz CT molecular complexity index is 1420. The van der Waals surface area contributed by atoms with Crippen molar-refractivity contribution in [3.63, 3.8) is 0 Å². The fourth-order valence-electron chi connectivity index (χ4n) is 4.51. The number of nitrogens with two attached hydrogens (primary N) is 1.